The summed E-state index contributed by atoms with van der Waals surface area (Å²) < 4.78 is 7.32. The number of fused-ring (bicyclic) bond motifs is 1. The molecule has 196 valence electrons. The van der Waals surface area contributed by atoms with Crippen LogP contribution in [0, 0.1) is 0 Å². The molecule has 3 aromatic carbocycles. The van der Waals surface area contributed by atoms with E-state index in [9.17, 15) is 9.59 Å². The lowest BCUT2D eigenvalue weighted by atomic mass is 9.98. The van der Waals surface area contributed by atoms with Gasteiger partial charge in [-0.2, -0.15) is 0 Å². The second-order valence-electron chi connectivity index (χ2n) is 10.2. The fourth-order valence-corrected chi connectivity index (χ4v) is 4.24. The lowest BCUT2D eigenvalue weighted by molar-refractivity contribution is 0.0523. The van der Waals surface area contributed by atoms with Crippen LogP contribution in [-0.2, 0) is 11.3 Å². The maximum absolute atomic E-state index is 12.9. The molecule has 2 N–H and O–H groups in total. The predicted molar refractivity (Wildman–Crippen MR) is 154 cm³/mol. The number of hydrogen-bond donors (Lipinski definition) is 2. The van der Waals surface area contributed by atoms with E-state index in [1.165, 1.54) is 0 Å². The summed E-state index contributed by atoms with van der Waals surface area (Å²) in [5.74, 6) is -0.193. The molecule has 5 aromatic rings. The highest BCUT2D eigenvalue weighted by atomic mass is 16.6. The van der Waals surface area contributed by atoms with Crippen molar-refractivity contribution in [1.82, 2.24) is 14.7 Å². The number of alkyl carbamates (subject to hydrolysis) is 1. The third-order valence-electron chi connectivity index (χ3n) is 6.10. The van der Waals surface area contributed by atoms with E-state index in [0.29, 0.717) is 17.8 Å². The molecule has 0 bridgehead atoms. The number of carbonyl (C=O) groups excluding carboxylic acids is 2. The molecule has 0 saturated heterocycles. The van der Waals surface area contributed by atoms with E-state index in [1.54, 1.807) is 12.1 Å². The Labute approximate surface area is 227 Å². The molecular formula is C32H30N4O3. The Morgan fingerprint density at radius 2 is 1.54 bits per heavy atom. The molecule has 0 spiro atoms. The zero-order valence-corrected chi connectivity index (χ0v) is 22.1. The van der Waals surface area contributed by atoms with E-state index in [0.717, 1.165) is 33.6 Å². The maximum atomic E-state index is 12.9. The van der Waals surface area contributed by atoms with Gasteiger partial charge in [-0.05, 0) is 73.9 Å². The number of ether oxygens (including phenoxy) is 1. The summed E-state index contributed by atoms with van der Waals surface area (Å²) in [6.45, 7) is 5.82. The summed E-state index contributed by atoms with van der Waals surface area (Å²) in [4.78, 5) is 29.6. The average Bonchev–Trinajstić information content (AvgIpc) is 3.36. The summed E-state index contributed by atoms with van der Waals surface area (Å²) in [5.41, 5.74) is 6.30. The van der Waals surface area contributed by atoms with Gasteiger partial charge in [0.05, 0.1) is 5.69 Å². The molecule has 0 aliphatic rings. The fraction of sp³-hybridized carbons (Fsp3) is 0.156. The number of imidazole rings is 1. The van der Waals surface area contributed by atoms with Crippen molar-refractivity contribution < 1.29 is 14.3 Å². The number of hydrogen-bond acceptors (Lipinski definition) is 4. The summed E-state index contributed by atoms with van der Waals surface area (Å²) >= 11 is 0. The van der Waals surface area contributed by atoms with Gasteiger partial charge >= 0.3 is 6.09 Å². The summed E-state index contributed by atoms with van der Waals surface area (Å²) in [5, 5.41) is 5.77. The minimum Gasteiger partial charge on any atom is -0.444 e. The Bertz CT molecular complexity index is 1580. The third-order valence-corrected chi connectivity index (χ3v) is 6.10. The topological polar surface area (TPSA) is 84.7 Å². The SMILES string of the molecule is CC(C)(C)OC(=O)NCc1ccccc1-c1ccc(C(=O)Nc2ccc(-c3cn4ccccc4n3)cc2)cc1. The number of aromatic nitrogens is 2. The zero-order chi connectivity index (χ0) is 27.4. The van der Waals surface area contributed by atoms with Crippen LogP contribution in [-0.4, -0.2) is 27.0 Å². The van der Waals surface area contributed by atoms with Crippen LogP contribution < -0.4 is 10.6 Å². The maximum Gasteiger partial charge on any atom is 0.407 e. The average molecular weight is 519 g/mol. The van der Waals surface area contributed by atoms with Gasteiger partial charge in [0, 0.05) is 35.8 Å². The molecule has 0 radical (unpaired) electrons. The van der Waals surface area contributed by atoms with Crippen LogP contribution >= 0.6 is 0 Å². The lowest BCUT2D eigenvalue weighted by Gasteiger charge is -2.20. The number of pyridine rings is 1. The van der Waals surface area contributed by atoms with Crippen molar-refractivity contribution in [3.05, 3.63) is 115 Å². The molecule has 2 heterocycles. The van der Waals surface area contributed by atoms with E-state index in [2.05, 4.69) is 15.6 Å². The van der Waals surface area contributed by atoms with Gasteiger partial charge in [-0.25, -0.2) is 9.78 Å². The molecule has 0 atom stereocenters. The number of carbonyl (C=O) groups is 2. The molecule has 5 rings (SSSR count). The van der Waals surface area contributed by atoms with Gasteiger partial charge in [0.15, 0.2) is 0 Å². The summed E-state index contributed by atoms with van der Waals surface area (Å²) in [6, 6.07) is 28.8. The largest absolute Gasteiger partial charge is 0.444 e. The Kier molecular flexibility index (Phi) is 7.14. The van der Waals surface area contributed by atoms with E-state index < -0.39 is 11.7 Å². The van der Waals surface area contributed by atoms with Crippen molar-refractivity contribution in [1.29, 1.82) is 0 Å². The smallest absolute Gasteiger partial charge is 0.407 e. The van der Waals surface area contributed by atoms with Gasteiger partial charge in [0.1, 0.15) is 11.2 Å². The molecule has 0 unspecified atom stereocenters. The normalized spacial score (nSPS) is 11.3. The van der Waals surface area contributed by atoms with Crippen molar-refractivity contribution in [3.8, 4) is 22.4 Å². The number of nitrogens with one attached hydrogen (secondary N) is 2. The van der Waals surface area contributed by atoms with Crippen molar-refractivity contribution in [2.24, 2.45) is 0 Å². The van der Waals surface area contributed by atoms with E-state index in [4.69, 9.17) is 4.74 Å². The van der Waals surface area contributed by atoms with Crippen molar-refractivity contribution in [2.75, 3.05) is 5.32 Å². The lowest BCUT2D eigenvalue weighted by Crippen LogP contribution is -2.32. The number of nitrogens with zero attached hydrogens (tertiary/aromatic N) is 2. The predicted octanol–water partition coefficient (Wildman–Crippen LogP) is 6.95. The van der Waals surface area contributed by atoms with E-state index in [1.807, 2.05) is 116 Å². The highest BCUT2D eigenvalue weighted by molar-refractivity contribution is 6.04. The quantitative estimate of drug-likeness (QED) is 0.255. The minimum absolute atomic E-state index is 0.193. The van der Waals surface area contributed by atoms with Gasteiger partial charge in [-0.3, -0.25) is 4.79 Å². The molecule has 39 heavy (non-hydrogen) atoms. The van der Waals surface area contributed by atoms with E-state index in [-0.39, 0.29) is 5.91 Å². The number of rotatable bonds is 6. The molecule has 0 fully saturated rings. The van der Waals surface area contributed by atoms with Gasteiger partial charge in [0.2, 0.25) is 0 Å². The van der Waals surface area contributed by atoms with Gasteiger partial charge in [-0.1, -0.05) is 54.6 Å². The number of amides is 2. The van der Waals surface area contributed by atoms with Gasteiger partial charge in [0.25, 0.3) is 5.91 Å². The molecular weight excluding hydrogens is 488 g/mol. The van der Waals surface area contributed by atoms with Gasteiger partial charge in [-0.15, -0.1) is 0 Å². The molecule has 2 aromatic heterocycles. The summed E-state index contributed by atoms with van der Waals surface area (Å²) in [6.07, 6.45) is 3.48. The minimum atomic E-state index is -0.558. The molecule has 2 amide bonds. The highest BCUT2D eigenvalue weighted by Crippen LogP contribution is 2.25. The number of anilines is 1. The van der Waals surface area contributed by atoms with Crippen LogP contribution in [0.25, 0.3) is 28.0 Å². The zero-order valence-electron chi connectivity index (χ0n) is 22.1. The Hall–Kier alpha value is -4.91. The second kappa shape index (κ2) is 10.8. The van der Waals surface area contributed by atoms with Crippen LogP contribution in [0.15, 0.2) is 103 Å². The fourth-order valence-electron chi connectivity index (χ4n) is 4.24. The van der Waals surface area contributed by atoms with Crippen LogP contribution in [0.4, 0.5) is 10.5 Å². The van der Waals surface area contributed by atoms with Crippen LogP contribution in [0.5, 0.6) is 0 Å². The Balaban J connectivity index is 1.24. The first-order chi connectivity index (χ1) is 18.7. The van der Waals surface area contributed by atoms with Crippen molar-refractivity contribution in [2.45, 2.75) is 32.9 Å². The van der Waals surface area contributed by atoms with Crippen LogP contribution in [0.2, 0.25) is 0 Å². The standard InChI is InChI=1S/C32H30N4O3/c1-32(2,3)39-31(38)33-20-25-8-4-5-9-27(25)22-11-13-24(14-12-22)30(37)34-26-17-15-23(16-18-26)28-21-36-19-7-6-10-29(36)35-28/h4-19,21H,20H2,1-3H3,(H,33,38)(H,34,37). The van der Waals surface area contributed by atoms with E-state index >= 15 is 0 Å². The molecule has 7 nitrogen and oxygen atoms in total. The molecule has 0 aliphatic carbocycles. The summed E-state index contributed by atoms with van der Waals surface area (Å²) in [7, 11) is 0. The molecule has 7 heteroatoms. The van der Waals surface area contributed by atoms with Crippen LogP contribution in [0.3, 0.4) is 0 Å². The van der Waals surface area contributed by atoms with Crippen LogP contribution in [0.1, 0.15) is 36.7 Å². The first-order valence-electron chi connectivity index (χ1n) is 12.8. The van der Waals surface area contributed by atoms with Crippen molar-refractivity contribution in [3.63, 3.8) is 0 Å². The Morgan fingerprint density at radius 3 is 2.26 bits per heavy atom. The molecule has 0 saturated carbocycles. The van der Waals surface area contributed by atoms with Gasteiger partial charge < -0.3 is 19.8 Å². The number of benzene rings is 3. The molecule has 0 aliphatic heterocycles. The Morgan fingerprint density at radius 1 is 0.846 bits per heavy atom. The highest BCUT2D eigenvalue weighted by Gasteiger charge is 2.16. The monoisotopic (exact) mass is 518 g/mol. The van der Waals surface area contributed by atoms with Crippen molar-refractivity contribution >= 4 is 23.3 Å². The third kappa shape index (κ3) is 6.33. The first-order valence-corrected chi connectivity index (χ1v) is 12.8. The second-order valence-corrected chi connectivity index (χ2v) is 10.2. The first kappa shape index (κ1) is 25.7.